The van der Waals surface area contributed by atoms with Gasteiger partial charge in [-0.15, -0.1) is 0 Å². The summed E-state index contributed by atoms with van der Waals surface area (Å²) in [6.45, 7) is 9.77. The number of anilines is 1. The van der Waals surface area contributed by atoms with Gasteiger partial charge in [-0.2, -0.15) is 13.2 Å². The number of likely N-dealkylation sites (tertiary alicyclic amines) is 1. The van der Waals surface area contributed by atoms with E-state index in [4.69, 9.17) is 9.90 Å². The minimum Gasteiger partial charge on any atom is -0.475 e. The third kappa shape index (κ3) is 11.1. The van der Waals surface area contributed by atoms with Crippen LogP contribution in [0.3, 0.4) is 0 Å². The molecule has 0 atom stereocenters. The van der Waals surface area contributed by atoms with Gasteiger partial charge in [0.25, 0.3) is 11.8 Å². The standard InChI is InChI=1S/C27H37N3O2.C2HF3O2/c1-4-5-6-17-30-18-15-25(16-19-30)29-27(32)23-9-7-22(8-10-23)26(31)28-24-13-11-21(12-14-24)20(2)3;3-2(4,5)1(6)7/h7-14,20,25H,4-6,15-19H2,1-3H3,(H,28,31)(H,29,32);(H,6,7). The zero-order valence-corrected chi connectivity index (χ0v) is 22.7. The van der Waals surface area contributed by atoms with Crippen LogP contribution in [0.5, 0.6) is 0 Å². The number of carboxylic acid groups (broad SMARTS) is 1. The molecule has 1 fully saturated rings. The van der Waals surface area contributed by atoms with Gasteiger partial charge in [-0.05, 0) is 73.7 Å². The third-order valence-electron chi connectivity index (χ3n) is 6.49. The monoisotopic (exact) mass is 549 g/mol. The van der Waals surface area contributed by atoms with E-state index in [1.807, 2.05) is 24.3 Å². The van der Waals surface area contributed by atoms with Crippen molar-refractivity contribution in [1.82, 2.24) is 10.2 Å². The first-order valence-corrected chi connectivity index (χ1v) is 13.2. The average Bonchev–Trinajstić information content (AvgIpc) is 2.90. The first-order chi connectivity index (χ1) is 18.4. The highest BCUT2D eigenvalue weighted by Gasteiger charge is 2.38. The maximum absolute atomic E-state index is 12.6. The summed E-state index contributed by atoms with van der Waals surface area (Å²) in [5, 5.41) is 13.2. The van der Waals surface area contributed by atoms with Crippen LogP contribution in [0.2, 0.25) is 0 Å². The summed E-state index contributed by atoms with van der Waals surface area (Å²) in [4.78, 5) is 36.6. The van der Waals surface area contributed by atoms with Gasteiger partial charge in [-0.3, -0.25) is 9.59 Å². The molecule has 0 unspecified atom stereocenters. The Morgan fingerprint density at radius 1 is 0.923 bits per heavy atom. The first-order valence-electron chi connectivity index (χ1n) is 13.2. The van der Waals surface area contributed by atoms with Gasteiger partial charge in [0, 0.05) is 35.9 Å². The van der Waals surface area contributed by atoms with Crippen molar-refractivity contribution in [1.29, 1.82) is 0 Å². The van der Waals surface area contributed by atoms with E-state index in [0.717, 1.165) is 31.6 Å². The fourth-order valence-electron chi connectivity index (χ4n) is 4.08. The lowest BCUT2D eigenvalue weighted by Gasteiger charge is -2.32. The average molecular weight is 550 g/mol. The summed E-state index contributed by atoms with van der Waals surface area (Å²) >= 11 is 0. The number of rotatable bonds is 9. The van der Waals surface area contributed by atoms with Gasteiger partial charge < -0.3 is 20.6 Å². The van der Waals surface area contributed by atoms with Crippen LogP contribution in [0.25, 0.3) is 0 Å². The second-order valence-corrected chi connectivity index (χ2v) is 9.91. The molecule has 0 aliphatic carbocycles. The van der Waals surface area contributed by atoms with E-state index in [1.165, 1.54) is 31.4 Å². The number of unbranched alkanes of at least 4 members (excludes halogenated alkanes) is 2. The largest absolute Gasteiger partial charge is 0.490 e. The van der Waals surface area contributed by atoms with Crippen LogP contribution in [0, 0.1) is 0 Å². The zero-order chi connectivity index (χ0) is 29.0. The van der Waals surface area contributed by atoms with E-state index in [9.17, 15) is 22.8 Å². The van der Waals surface area contributed by atoms with Crippen molar-refractivity contribution in [2.24, 2.45) is 0 Å². The number of carbonyl (C=O) groups is 3. The molecule has 1 aliphatic heterocycles. The quantitative estimate of drug-likeness (QED) is 0.329. The number of nitrogens with one attached hydrogen (secondary N) is 2. The third-order valence-corrected chi connectivity index (χ3v) is 6.49. The van der Waals surface area contributed by atoms with Crippen LogP contribution in [-0.4, -0.2) is 59.6 Å². The zero-order valence-electron chi connectivity index (χ0n) is 22.7. The van der Waals surface area contributed by atoms with Crippen molar-refractivity contribution >= 4 is 23.5 Å². The number of hydrogen-bond acceptors (Lipinski definition) is 4. The Balaban J connectivity index is 0.000000673. The summed E-state index contributed by atoms with van der Waals surface area (Å²) in [6.07, 6.45) is 0.700. The maximum Gasteiger partial charge on any atom is 0.490 e. The molecule has 7 nitrogen and oxygen atoms in total. The topological polar surface area (TPSA) is 98.7 Å². The normalized spacial score (nSPS) is 14.3. The SMILES string of the molecule is CCCCCN1CCC(NC(=O)c2ccc(C(=O)Nc3ccc(C(C)C)cc3)cc2)CC1.O=C(O)C(F)(F)F. The fraction of sp³-hybridized carbons (Fsp3) is 0.483. The highest BCUT2D eigenvalue weighted by atomic mass is 19.4. The Morgan fingerprint density at radius 3 is 1.90 bits per heavy atom. The van der Waals surface area contributed by atoms with Crippen LogP contribution in [0.1, 0.15) is 85.1 Å². The molecule has 0 radical (unpaired) electrons. The highest BCUT2D eigenvalue weighted by molar-refractivity contribution is 6.05. The van der Waals surface area contributed by atoms with E-state index >= 15 is 0 Å². The molecule has 1 heterocycles. The molecule has 2 amide bonds. The molecule has 0 bridgehead atoms. The molecule has 3 N–H and O–H groups in total. The number of piperidine rings is 1. The molecule has 2 aromatic carbocycles. The van der Waals surface area contributed by atoms with Crippen LogP contribution in [0.4, 0.5) is 18.9 Å². The summed E-state index contributed by atoms with van der Waals surface area (Å²) < 4.78 is 31.7. The molecule has 0 saturated carbocycles. The van der Waals surface area contributed by atoms with Crippen LogP contribution < -0.4 is 10.6 Å². The second-order valence-electron chi connectivity index (χ2n) is 9.91. The number of aliphatic carboxylic acids is 1. The minimum atomic E-state index is -5.08. The van der Waals surface area contributed by atoms with Crippen molar-refractivity contribution < 1.29 is 32.7 Å². The Kier molecular flexibility index (Phi) is 12.4. The number of halogens is 3. The Bertz CT molecular complexity index is 1060. The second kappa shape index (κ2) is 15.3. The highest BCUT2D eigenvalue weighted by Crippen LogP contribution is 2.18. The van der Waals surface area contributed by atoms with E-state index in [-0.39, 0.29) is 17.9 Å². The number of hydrogen-bond donors (Lipinski definition) is 3. The van der Waals surface area contributed by atoms with Gasteiger partial charge in [0.2, 0.25) is 0 Å². The van der Waals surface area contributed by atoms with Crippen molar-refractivity contribution in [2.75, 3.05) is 25.0 Å². The van der Waals surface area contributed by atoms with Crippen molar-refractivity contribution in [3.63, 3.8) is 0 Å². The molecule has 0 spiro atoms. The smallest absolute Gasteiger partial charge is 0.475 e. The van der Waals surface area contributed by atoms with E-state index in [0.29, 0.717) is 17.0 Å². The predicted molar refractivity (Wildman–Crippen MR) is 145 cm³/mol. The summed E-state index contributed by atoms with van der Waals surface area (Å²) in [5.74, 6) is -2.54. The molecule has 1 aliphatic rings. The van der Waals surface area contributed by atoms with E-state index in [1.54, 1.807) is 24.3 Å². The number of alkyl halides is 3. The van der Waals surface area contributed by atoms with Gasteiger partial charge in [0.15, 0.2) is 0 Å². The number of amides is 2. The summed E-state index contributed by atoms with van der Waals surface area (Å²) in [7, 11) is 0. The molecule has 2 aromatic rings. The van der Waals surface area contributed by atoms with Crippen LogP contribution in [-0.2, 0) is 4.79 Å². The molecule has 39 heavy (non-hydrogen) atoms. The number of benzene rings is 2. The Labute approximate surface area is 227 Å². The molecule has 1 saturated heterocycles. The molecule has 10 heteroatoms. The fourth-order valence-corrected chi connectivity index (χ4v) is 4.08. The minimum absolute atomic E-state index is 0.0642. The lowest BCUT2D eigenvalue weighted by atomic mass is 10.0. The van der Waals surface area contributed by atoms with Crippen molar-refractivity contribution in [2.45, 2.75) is 71.0 Å². The van der Waals surface area contributed by atoms with Crippen LogP contribution >= 0.6 is 0 Å². The molecule has 214 valence electrons. The van der Waals surface area contributed by atoms with Crippen LogP contribution in [0.15, 0.2) is 48.5 Å². The van der Waals surface area contributed by atoms with Gasteiger partial charge in [-0.1, -0.05) is 45.7 Å². The number of nitrogens with zero attached hydrogens (tertiary/aromatic N) is 1. The molecule has 3 rings (SSSR count). The lowest BCUT2D eigenvalue weighted by Crippen LogP contribution is -2.44. The van der Waals surface area contributed by atoms with Crippen molar-refractivity contribution in [3.05, 3.63) is 65.2 Å². The van der Waals surface area contributed by atoms with Gasteiger partial charge in [0.1, 0.15) is 0 Å². The first kappa shape index (κ1) is 31.8. The number of carboxylic acids is 1. The summed E-state index contributed by atoms with van der Waals surface area (Å²) in [6, 6.07) is 15.0. The molecular weight excluding hydrogens is 511 g/mol. The number of carbonyl (C=O) groups excluding carboxylic acids is 2. The maximum atomic E-state index is 12.6. The van der Waals surface area contributed by atoms with E-state index < -0.39 is 12.1 Å². The molecular formula is C29H38F3N3O4. The Morgan fingerprint density at radius 2 is 1.44 bits per heavy atom. The van der Waals surface area contributed by atoms with Gasteiger partial charge >= 0.3 is 12.1 Å². The van der Waals surface area contributed by atoms with Gasteiger partial charge in [-0.25, -0.2) is 4.79 Å². The lowest BCUT2D eigenvalue weighted by molar-refractivity contribution is -0.192. The van der Waals surface area contributed by atoms with Gasteiger partial charge in [0.05, 0.1) is 0 Å². The van der Waals surface area contributed by atoms with E-state index in [2.05, 4.69) is 36.3 Å². The molecule has 0 aromatic heterocycles. The van der Waals surface area contributed by atoms with Crippen molar-refractivity contribution in [3.8, 4) is 0 Å². The summed E-state index contributed by atoms with van der Waals surface area (Å²) in [5.41, 5.74) is 3.13. The predicted octanol–water partition coefficient (Wildman–Crippen LogP) is 6.08. The Hall–Kier alpha value is -3.40.